The SMILES string of the molecule is CC#CC(=O)N1CC(=O)N(C2CCCCC2)C[C@H](OCc2ccccc2)C1. The Bertz CT molecular complexity index is 701. The van der Waals surface area contributed by atoms with E-state index < -0.39 is 0 Å². The molecule has 144 valence electrons. The van der Waals surface area contributed by atoms with E-state index in [1.807, 2.05) is 35.2 Å². The molecule has 1 saturated heterocycles. The highest BCUT2D eigenvalue weighted by molar-refractivity contribution is 5.96. The maximum atomic E-state index is 12.9. The van der Waals surface area contributed by atoms with Crippen LogP contribution in [0.5, 0.6) is 0 Å². The highest BCUT2D eigenvalue weighted by Gasteiger charge is 2.34. The largest absolute Gasteiger partial charge is 0.370 e. The average molecular weight is 368 g/mol. The molecule has 1 saturated carbocycles. The fourth-order valence-electron chi connectivity index (χ4n) is 3.92. The van der Waals surface area contributed by atoms with Gasteiger partial charge in [0.05, 0.1) is 19.3 Å². The zero-order valence-corrected chi connectivity index (χ0v) is 16.0. The number of nitrogens with zero attached hydrogens (tertiary/aromatic N) is 2. The second-order valence-electron chi connectivity index (χ2n) is 7.32. The number of carbonyl (C=O) groups is 2. The monoisotopic (exact) mass is 368 g/mol. The third kappa shape index (κ3) is 5.33. The zero-order valence-electron chi connectivity index (χ0n) is 16.0. The summed E-state index contributed by atoms with van der Waals surface area (Å²) in [6.45, 7) is 3.14. The van der Waals surface area contributed by atoms with Gasteiger partial charge < -0.3 is 14.5 Å². The van der Waals surface area contributed by atoms with Crippen LogP contribution in [0.25, 0.3) is 0 Å². The van der Waals surface area contributed by atoms with Crippen molar-refractivity contribution in [3.63, 3.8) is 0 Å². The Morgan fingerprint density at radius 1 is 1.15 bits per heavy atom. The molecule has 1 aliphatic carbocycles. The van der Waals surface area contributed by atoms with Gasteiger partial charge in [-0.2, -0.15) is 0 Å². The van der Waals surface area contributed by atoms with E-state index in [2.05, 4.69) is 11.8 Å². The molecule has 2 aliphatic rings. The van der Waals surface area contributed by atoms with Crippen molar-refractivity contribution < 1.29 is 14.3 Å². The molecule has 0 bridgehead atoms. The zero-order chi connectivity index (χ0) is 19.1. The normalized spacial score (nSPS) is 21.4. The molecule has 1 aromatic rings. The lowest BCUT2D eigenvalue weighted by atomic mass is 9.94. The molecule has 1 aliphatic heterocycles. The van der Waals surface area contributed by atoms with Gasteiger partial charge in [-0.05, 0) is 31.2 Å². The Balaban J connectivity index is 1.73. The average Bonchev–Trinajstić information content (AvgIpc) is 2.87. The minimum Gasteiger partial charge on any atom is -0.370 e. The standard InChI is InChI=1S/C22H28N2O3/c1-2-9-21(25)23-14-20(27-17-18-10-5-3-6-11-18)15-24(22(26)16-23)19-12-7-4-8-13-19/h3,5-6,10-11,19-20H,4,7-8,12-17H2,1H3/t20-/m1/s1. The predicted octanol–water partition coefficient (Wildman–Crippen LogP) is 2.60. The van der Waals surface area contributed by atoms with Gasteiger partial charge in [0.1, 0.15) is 6.54 Å². The Kier molecular flexibility index (Phi) is 6.89. The number of rotatable bonds is 4. The van der Waals surface area contributed by atoms with Crippen LogP contribution in [0.15, 0.2) is 30.3 Å². The fraction of sp³-hybridized carbons (Fsp3) is 0.545. The minimum atomic E-state index is -0.301. The lowest BCUT2D eigenvalue weighted by molar-refractivity contribution is -0.138. The second kappa shape index (κ2) is 9.57. The summed E-state index contributed by atoms with van der Waals surface area (Å²) in [5.41, 5.74) is 1.09. The fourth-order valence-corrected chi connectivity index (χ4v) is 3.92. The first-order valence-electron chi connectivity index (χ1n) is 9.84. The van der Waals surface area contributed by atoms with Gasteiger partial charge in [-0.1, -0.05) is 55.5 Å². The van der Waals surface area contributed by atoms with Gasteiger partial charge in [-0.25, -0.2) is 0 Å². The lowest BCUT2D eigenvalue weighted by Crippen LogP contribution is -2.45. The first kappa shape index (κ1) is 19.4. The molecule has 1 heterocycles. The van der Waals surface area contributed by atoms with Crippen LogP contribution in [-0.2, 0) is 20.9 Å². The van der Waals surface area contributed by atoms with E-state index in [1.54, 1.807) is 6.92 Å². The summed E-state index contributed by atoms with van der Waals surface area (Å²) in [7, 11) is 0. The van der Waals surface area contributed by atoms with Gasteiger partial charge in [0.25, 0.3) is 5.91 Å². The highest BCUT2D eigenvalue weighted by atomic mass is 16.5. The molecular formula is C22H28N2O3. The maximum absolute atomic E-state index is 12.9. The molecule has 0 aromatic heterocycles. The van der Waals surface area contributed by atoms with Crippen LogP contribution in [0.2, 0.25) is 0 Å². The first-order chi connectivity index (χ1) is 13.2. The first-order valence-corrected chi connectivity index (χ1v) is 9.84. The van der Waals surface area contributed by atoms with E-state index in [1.165, 1.54) is 11.3 Å². The molecule has 3 rings (SSSR count). The van der Waals surface area contributed by atoms with Crippen LogP contribution in [0.3, 0.4) is 0 Å². The molecule has 27 heavy (non-hydrogen) atoms. The molecule has 5 heteroatoms. The third-order valence-corrected chi connectivity index (χ3v) is 5.33. The predicted molar refractivity (Wildman–Crippen MR) is 104 cm³/mol. The summed E-state index contributed by atoms with van der Waals surface area (Å²) in [6.07, 6.45) is 5.44. The molecule has 0 radical (unpaired) electrons. The van der Waals surface area contributed by atoms with Crippen molar-refractivity contribution in [3.8, 4) is 11.8 Å². The molecule has 1 atom stereocenters. The van der Waals surface area contributed by atoms with Crippen LogP contribution in [0.1, 0.15) is 44.6 Å². The van der Waals surface area contributed by atoms with Crippen molar-refractivity contribution in [2.45, 2.75) is 57.8 Å². The van der Waals surface area contributed by atoms with Crippen molar-refractivity contribution in [1.29, 1.82) is 0 Å². The summed E-state index contributed by atoms with van der Waals surface area (Å²) in [5.74, 6) is 4.92. The summed E-state index contributed by atoms with van der Waals surface area (Å²) in [6, 6.07) is 10.2. The second-order valence-corrected chi connectivity index (χ2v) is 7.32. The van der Waals surface area contributed by atoms with Gasteiger partial charge in [0.15, 0.2) is 0 Å². The van der Waals surface area contributed by atoms with Crippen molar-refractivity contribution >= 4 is 11.8 Å². The number of amides is 2. The van der Waals surface area contributed by atoms with Crippen LogP contribution in [0, 0.1) is 11.8 Å². The summed E-state index contributed by atoms with van der Waals surface area (Å²) >= 11 is 0. The van der Waals surface area contributed by atoms with Gasteiger partial charge in [0.2, 0.25) is 5.91 Å². The number of carbonyl (C=O) groups excluding carboxylic acids is 2. The van der Waals surface area contributed by atoms with Crippen molar-refractivity contribution in [3.05, 3.63) is 35.9 Å². The van der Waals surface area contributed by atoms with Crippen LogP contribution in [-0.4, -0.2) is 53.4 Å². The van der Waals surface area contributed by atoms with E-state index in [0.717, 1.165) is 31.2 Å². The summed E-state index contributed by atoms with van der Waals surface area (Å²) in [5, 5.41) is 0. The molecule has 1 aromatic carbocycles. The Morgan fingerprint density at radius 3 is 2.59 bits per heavy atom. The van der Waals surface area contributed by atoms with Crippen LogP contribution in [0.4, 0.5) is 0 Å². The topological polar surface area (TPSA) is 49.9 Å². The number of hydrogen-bond acceptors (Lipinski definition) is 3. The Labute approximate surface area is 161 Å². The maximum Gasteiger partial charge on any atom is 0.299 e. The highest BCUT2D eigenvalue weighted by Crippen LogP contribution is 2.25. The van der Waals surface area contributed by atoms with Crippen molar-refractivity contribution in [2.75, 3.05) is 19.6 Å². The molecule has 0 unspecified atom stereocenters. The molecule has 0 N–H and O–H groups in total. The lowest BCUT2D eigenvalue weighted by Gasteiger charge is -2.34. The number of hydrogen-bond donors (Lipinski definition) is 0. The van der Waals surface area contributed by atoms with Gasteiger partial charge in [0, 0.05) is 12.6 Å². The molecule has 2 fully saturated rings. The van der Waals surface area contributed by atoms with Crippen LogP contribution < -0.4 is 0 Å². The molecule has 0 spiro atoms. The van der Waals surface area contributed by atoms with Gasteiger partial charge >= 0.3 is 0 Å². The van der Waals surface area contributed by atoms with E-state index in [-0.39, 0.29) is 30.5 Å². The third-order valence-electron chi connectivity index (χ3n) is 5.33. The smallest absolute Gasteiger partial charge is 0.299 e. The van der Waals surface area contributed by atoms with Gasteiger partial charge in [-0.15, -0.1) is 0 Å². The molecule has 2 amide bonds. The Morgan fingerprint density at radius 2 is 1.89 bits per heavy atom. The summed E-state index contributed by atoms with van der Waals surface area (Å²) in [4.78, 5) is 28.7. The minimum absolute atomic E-state index is 0.0129. The number of benzene rings is 1. The van der Waals surface area contributed by atoms with Crippen molar-refractivity contribution in [2.24, 2.45) is 0 Å². The number of ether oxygens (including phenoxy) is 1. The van der Waals surface area contributed by atoms with E-state index >= 15 is 0 Å². The Hall–Kier alpha value is -2.32. The van der Waals surface area contributed by atoms with Crippen molar-refractivity contribution in [1.82, 2.24) is 9.80 Å². The molecule has 5 nitrogen and oxygen atoms in total. The van der Waals surface area contributed by atoms with Gasteiger partial charge in [-0.3, -0.25) is 9.59 Å². The molecular weight excluding hydrogens is 340 g/mol. The van der Waals surface area contributed by atoms with E-state index in [0.29, 0.717) is 19.7 Å². The quantitative estimate of drug-likeness (QED) is 0.768. The van der Waals surface area contributed by atoms with Crippen LogP contribution >= 0.6 is 0 Å². The van der Waals surface area contributed by atoms with E-state index in [4.69, 9.17) is 4.74 Å². The van der Waals surface area contributed by atoms with E-state index in [9.17, 15) is 9.59 Å². The summed E-state index contributed by atoms with van der Waals surface area (Å²) < 4.78 is 6.14.